The number of halogens is 2. The molecule has 32 heavy (non-hydrogen) atoms. The zero-order valence-electron chi connectivity index (χ0n) is 16.7. The van der Waals surface area contributed by atoms with Gasteiger partial charge in [-0.05, 0) is 30.3 Å². The lowest BCUT2D eigenvalue weighted by Crippen LogP contribution is -2.20. The highest BCUT2D eigenvalue weighted by molar-refractivity contribution is 9.10. The Balaban J connectivity index is 1.50. The molecule has 0 spiro atoms. The van der Waals surface area contributed by atoms with Gasteiger partial charge < -0.3 is 0 Å². The quantitative estimate of drug-likeness (QED) is 0.214. The van der Waals surface area contributed by atoms with Crippen LogP contribution in [-0.4, -0.2) is 32.6 Å². The fraction of sp³-hybridized carbons (Fsp3) is 0.0435. The first-order valence-corrected chi connectivity index (χ1v) is 11.4. The Hall–Kier alpha value is -3.30. The molecule has 0 aliphatic carbocycles. The van der Waals surface area contributed by atoms with Crippen molar-refractivity contribution in [3.63, 3.8) is 0 Å². The van der Waals surface area contributed by atoms with Crippen molar-refractivity contribution in [2.24, 2.45) is 5.10 Å². The largest absolute Gasteiger partial charge is 0.272 e. The molecule has 4 rings (SSSR count). The lowest BCUT2D eigenvalue weighted by Gasteiger charge is -2.10. The van der Waals surface area contributed by atoms with Crippen LogP contribution in [0.15, 0.2) is 93.6 Å². The van der Waals surface area contributed by atoms with E-state index in [9.17, 15) is 9.18 Å². The lowest BCUT2D eigenvalue weighted by atomic mass is 10.2. The van der Waals surface area contributed by atoms with Crippen LogP contribution in [0.2, 0.25) is 0 Å². The van der Waals surface area contributed by atoms with Gasteiger partial charge in [-0.1, -0.05) is 76.2 Å². The maximum absolute atomic E-state index is 13.6. The summed E-state index contributed by atoms with van der Waals surface area (Å²) in [5.41, 5.74) is 4.49. The normalized spacial score (nSPS) is 11.1. The molecule has 1 heterocycles. The van der Waals surface area contributed by atoms with Gasteiger partial charge in [0.05, 0.1) is 12.0 Å². The Kier molecular flexibility index (Phi) is 7.08. The van der Waals surface area contributed by atoms with Crippen molar-refractivity contribution in [1.82, 2.24) is 20.2 Å². The van der Waals surface area contributed by atoms with Crippen molar-refractivity contribution < 1.29 is 9.18 Å². The first-order chi connectivity index (χ1) is 15.6. The van der Waals surface area contributed by atoms with E-state index in [4.69, 9.17) is 0 Å². The number of amides is 1. The molecule has 3 aromatic carbocycles. The second-order valence-corrected chi connectivity index (χ2v) is 8.45. The molecular formula is C23H17BrFN5OS. The Labute approximate surface area is 196 Å². The summed E-state index contributed by atoms with van der Waals surface area (Å²) in [4.78, 5) is 12.3. The van der Waals surface area contributed by atoms with Crippen LogP contribution >= 0.6 is 27.7 Å². The van der Waals surface area contributed by atoms with Crippen molar-refractivity contribution in [3.05, 3.63) is 94.7 Å². The molecule has 0 fully saturated rings. The number of thioether (sulfide) groups is 1. The zero-order valence-corrected chi connectivity index (χ0v) is 19.1. The fourth-order valence-electron chi connectivity index (χ4n) is 2.88. The summed E-state index contributed by atoms with van der Waals surface area (Å²) in [6.07, 6.45) is 1.27. The van der Waals surface area contributed by atoms with Crippen molar-refractivity contribution >= 4 is 39.8 Å². The smallest absolute Gasteiger partial charge is 0.250 e. The highest BCUT2D eigenvalue weighted by Crippen LogP contribution is 2.28. The number of carbonyl (C=O) groups excluding carboxylic acids is 1. The van der Waals surface area contributed by atoms with Crippen LogP contribution in [0.25, 0.3) is 17.1 Å². The minimum atomic E-state index is -0.406. The molecule has 160 valence electrons. The molecule has 0 atom stereocenters. The first kappa shape index (κ1) is 21.9. The molecule has 1 amide bonds. The predicted molar refractivity (Wildman–Crippen MR) is 127 cm³/mol. The Morgan fingerprint density at radius 2 is 1.75 bits per heavy atom. The van der Waals surface area contributed by atoms with Gasteiger partial charge in [0.15, 0.2) is 11.0 Å². The number of nitrogens with zero attached hydrogens (tertiary/aromatic N) is 4. The van der Waals surface area contributed by atoms with E-state index >= 15 is 0 Å². The van der Waals surface area contributed by atoms with E-state index in [2.05, 4.69) is 36.7 Å². The van der Waals surface area contributed by atoms with E-state index in [1.54, 1.807) is 18.2 Å². The standard InChI is InChI=1S/C23H17BrFN5OS/c24-18-12-10-16(11-13-18)22-28-29-23(30(22)19-7-2-1-3-8-19)32-15-21(31)27-26-14-17-6-4-5-9-20(17)25/h1-14H,15H2,(H,27,31). The van der Waals surface area contributed by atoms with Crippen LogP contribution in [-0.2, 0) is 4.79 Å². The zero-order chi connectivity index (χ0) is 22.3. The Morgan fingerprint density at radius 1 is 1.03 bits per heavy atom. The number of carbonyl (C=O) groups is 1. The predicted octanol–water partition coefficient (Wildman–Crippen LogP) is 5.08. The summed E-state index contributed by atoms with van der Waals surface area (Å²) in [7, 11) is 0. The average Bonchev–Trinajstić information content (AvgIpc) is 3.24. The molecule has 0 aliphatic rings. The average molecular weight is 510 g/mol. The second kappa shape index (κ2) is 10.3. The molecular weight excluding hydrogens is 493 g/mol. The highest BCUT2D eigenvalue weighted by Gasteiger charge is 2.17. The lowest BCUT2D eigenvalue weighted by molar-refractivity contribution is -0.118. The van der Waals surface area contributed by atoms with Crippen molar-refractivity contribution in [2.45, 2.75) is 5.16 Å². The number of nitrogens with one attached hydrogen (secondary N) is 1. The summed E-state index contributed by atoms with van der Waals surface area (Å²) in [5.74, 6) is -0.00390. The third kappa shape index (κ3) is 5.30. The van der Waals surface area contributed by atoms with Gasteiger partial charge in [0.25, 0.3) is 5.91 Å². The molecule has 0 aliphatic heterocycles. The minimum Gasteiger partial charge on any atom is -0.272 e. The van der Waals surface area contributed by atoms with Crippen molar-refractivity contribution in [3.8, 4) is 17.1 Å². The third-order valence-electron chi connectivity index (χ3n) is 4.38. The van der Waals surface area contributed by atoms with Gasteiger partial charge in [-0.25, -0.2) is 9.82 Å². The van der Waals surface area contributed by atoms with Gasteiger partial charge in [-0.15, -0.1) is 10.2 Å². The van der Waals surface area contributed by atoms with Crippen LogP contribution < -0.4 is 5.43 Å². The minimum absolute atomic E-state index is 0.0694. The van der Waals surface area contributed by atoms with Crippen molar-refractivity contribution in [1.29, 1.82) is 0 Å². The summed E-state index contributed by atoms with van der Waals surface area (Å²) in [6.45, 7) is 0. The molecule has 0 saturated carbocycles. The third-order valence-corrected chi connectivity index (χ3v) is 5.84. The maximum Gasteiger partial charge on any atom is 0.250 e. The van der Waals surface area contributed by atoms with Crippen LogP contribution in [0, 0.1) is 5.82 Å². The number of rotatable bonds is 7. The topological polar surface area (TPSA) is 72.2 Å². The monoisotopic (exact) mass is 509 g/mol. The first-order valence-electron chi connectivity index (χ1n) is 9.58. The number of benzene rings is 3. The molecule has 0 bridgehead atoms. The summed E-state index contributed by atoms with van der Waals surface area (Å²) in [6, 6.07) is 23.7. The van der Waals surface area contributed by atoms with Gasteiger partial charge in [0.1, 0.15) is 5.82 Å². The SMILES string of the molecule is O=C(CSc1nnc(-c2ccc(Br)cc2)n1-c1ccccc1)NN=Cc1ccccc1F. The van der Waals surface area contributed by atoms with Gasteiger partial charge in [0, 0.05) is 21.3 Å². The van der Waals surface area contributed by atoms with Gasteiger partial charge in [-0.2, -0.15) is 5.10 Å². The molecule has 1 aromatic heterocycles. The molecule has 1 N–H and O–H groups in total. The molecule has 0 unspecified atom stereocenters. The summed E-state index contributed by atoms with van der Waals surface area (Å²) >= 11 is 4.68. The molecule has 0 radical (unpaired) electrons. The molecule has 4 aromatic rings. The fourth-order valence-corrected chi connectivity index (χ4v) is 3.88. The number of para-hydroxylation sites is 1. The van der Waals surface area contributed by atoms with Crippen LogP contribution in [0.4, 0.5) is 4.39 Å². The Bertz CT molecular complexity index is 1240. The van der Waals surface area contributed by atoms with Crippen LogP contribution in [0.5, 0.6) is 0 Å². The number of hydrogen-bond donors (Lipinski definition) is 1. The van der Waals surface area contributed by atoms with Gasteiger partial charge >= 0.3 is 0 Å². The van der Waals surface area contributed by atoms with Gasteiger partial charge in [-0.3, -0.25) is 9.36 Å². The molecule has 6 nitrogen and oxygen atoms in total. The Morgan fingerprint density at radius 3 is 2.50 bits per heavy atom. The van der Waals surface area contributed by atoms with E-state index in [0.29, 0.717) is 16.5 Å². The molecule has 9 heteroatoms. The number of aromatic nitrogens is 3. The van der Waals surface area contributed by atoms with E-state index in [-0.39, 0.29) is 11.7 Å². The second-order valence-electron chi connectivity index (χ2n) is 6.59. The van der Waals surface area contributed by atoms with E-state index in [0.717, 1.165) is 15.7 Å². The molecule has 0 saturated heterocycles. The summed E-state index contributed by atoms with van der Waals surface area (Å²) < 4.78 is 16.5. The van der Waals surface area contributed by atoms with Crippen LogP contribution in [0.3, 0.4) is 0 Å². The van der Waals surface area contributed by atoms with Crippen molar-refractivity contribution in [2.75, 3.05) is 5.75 Å². The number of hydrogen-bond acceptors (Lipinski definition) is 5. The van der Waals surface area contributed by atoms with Gasteiger partial charge in [0.2, 0.25) is 0 Å². The van der Waals surface area contributed by atoms with E-state index < -0.39 is 5.82 Å². The highest BCUT2D eigenvalue weighted by atomic mass is 79.9. The maximum atomic E-state index is 13.6. The van der Waals surface area contributed by atoms with Crippen LogP contribution in [0.1, 0.15) is 5.56 Å². The van der Waals surface area contributed by atoms with E-state index in [1.165, 1.54) is 24.0 Å². The van der Waals surface area contributed by atoms with E-state index in [1.807, 2.05) is 59.2 Å². The number of hydrazone groups is 1. The summed E-state index contributed by atoms with van der Waals surface area (Å²) in [5, 5.41) is 13.1.